The lowest BCUT2D eigenvalue weighted by molar-refractivity contribution is -0.201. The Hall–Kier alpha value is -2.58. The van der Waals surface area contributed by atoms with E-state index in [1.54, 1.807) is 13.8 Å². The first-order chi connectivity index (χ1) is 17.8. The Morgan fingerprint density at radius 1 is 1.34 bits per heavy atom. The highest BCUT2D eigenvalue weighted by atomic mass is 31.1. The number of nitrogens with one attached hydrogen (secondary N) is 1. The number of hydrogen-bond acceptors (Lipinski definition) is 12. The molecule has 2 saturated heterocycles. The van der Waals surface area contributed by atoms with Crippen LogP contribution in [-0.2, 0) is 23.4 Å². The quantitative estimate of drug-likeness (QED) is 0.286. The van der Waals surface area contributed by atoms with Crippen LogP contribution in [-0.4, -0.2) is 86.4 Å². The van der Waals surface area contributed by atoms with Crippen molar-refractivity contribution in [2.45, 2.75) is 76.5 Å². The fraction of sp³-hybridized carbons (Fsp3) is 0.727. The molecule has 4 rings (SSSR count). The van der Waals surface area contributed by atoms with Gasteiger partial charge in [-0.25, -0.2) is 13.8 Å². The van der Waals surface area contributed by atoms with Crippen molar-refractivity contribution >= 4 is 36.9 Å². The third kappa shape index (κ3) is 5.57. The number of nitrogen functional groups attached to an aromatic ring is 1. The first-order valence-electron chi connectivity index (χ1n) is 12.3. The molecule has 2 aromatic rings. The number of esters is 1. The lowest BCUT2D eigenvalue weighted by Crippen LogP contribution is -2.46. The molecule has 6 atom stereocenters. The van der Waals surface area contributed by atoms with Crippen molar-refractivity contribution in [1.82, 2.24) is 24.8 Å². The molecule has 210 valence electrons. The summed E-state index contributed by atoms with van der Waals surface area (Å²) in [5, 5.41) is 13.2. The van der Waals surface area contributed by atoms with E-state index in [-0.39, 0.29) is 24.0 Å². The van der Waals surface area contributed by atoms with E-state index >= 15 is 8.78 Å². The standard InChI is InChI=1S/C22H33F2N7O6P/c1-12(2)36-17(32)13(3)27-11-38(34)35-9-22(24)18(33)21(4,23)19(37-22)31-10-26-14-15(30-7-5-6-8-30)28-20(25)29-16(14)31/h10,12-13,18-19,27,33H,5-9,11H2,1-4H3,(H2,25,28,29)/q+1/t13-,18-,19+,21+,22+/m0/s1. The normalized spacial score (nSPS) is 28.8. The van der Waals surface area contributed by atoms with Crippen LogP contribution in [0, 0.1) is 0 Å². The van der Waals surface area contributed by atoms with Gasteiger partial charge in [0, 0.05) is 13.1 Å². The van der Waals surface area contributed by atoms with Crippen LogP contribution in [0.5, 0.6) is 0 Å². The molecule has 2 fully saturated rings. The van der Waals surface area contributed by atoms with Crippen molar-refractivity contribution < 1.29 is 37.2 Å². The second kappa shape index (κ2) is 10.9. The third-order valence-corrected chi connectivity index (χ3v) is 7.31. The van der Waals surface area contributed by atoms with Gasteiger partial charge in [-0.3, -0.25) is 14.7 Å². The van der Waals surface area contributed by atoms with Gasteiger partial charge < -0.3 is 25.2 Å². The minimum Gasteiger partial charge on any atom is -0.462 e. The van der Waals surface area contributed by atoms with E-state index in [0.717, 1.165) is 37.4 Å². The second-order valence-electron chi connectivity index (χ2n) is 9.91. The molecule has 2 aliphatic rings. The van der Waals surface area contributed by atoms with Crippen LogP contribution >= 0.6 is 8.03 Å². The molecular formula is C22H33F2N7O6P+. The summed E-state index contributed by atoms with van der Waals surface area (Å²) in [7, 11) is -2.54. The molecule has 4 N–H and O–H groups in total. The van der Waals surface area contributed by atoms with E-state index in [4.69, 9.17) is 19.7 Å². The van der Waals surface area contributed by atoms with Crippen molar-refractivity contribution in [2.24, 2.45) is 0 Å². The molecule has 0 aliphatic carbocycles. The van der Waals surface area contributed by atoms with E-state index in [0.29, 0.717) is 11.3 Å². The summed E-state index contributed by atoms with van der Waals surface area (Å²) in [4.78, 5) is 26.6. The lowest BCUT2D eigenvalue weighted by Gasteiger charge is -2.24. The second-order valence-corrected chi connectivity index (χ2v) is 11.1. The molecule has 0 aromatic carbocycles. The summed E-state index contributed by atoms with van der Waals surface area (Å²) in [5.41, 5.74) is 3.70. The lowest BCUT2D eigenvalue weighted by atomic mass is 9.97. The van der Waals surface area contributed by atoms with Crippen LogP contribution in [0.15, 0.2) is 6.33 Å². The van der Waals surface area contributed by atoms with Gasteiger partial charge in [-0.1, -0.05) is 0 Å². The molecule has 38 heavy (non-hydrogen) atoms. The number of nitrogens with zero attached hydrogens (tertiary/aromatic N) is 5. The van der Waals surface area contributed by atoms with Crippen LogP contribution in [0.2, 0.25) is 0 Å². The number of carbonyl (C=O) groups is 1. The summed E-state index contributed by atoms with van der Waals surface area (Å²) in [6, 6.07) is -0.791. The molecule has 0 saturated carbocycles. The zero-order valence-corrected chi connectivity index (χ0v) is 22.5. The molecular weight excluding hydrogens is 527 g/mol. The summed E-state index contributed by atoms with van der Waals surface area (Å²) in [5.74, 6) is -3.20. The average Bonchev–Trinajstić information content (AvgIpc) is 3.56. The van der Waals surface area contributed by atoms with Gasteiger partial charge in [0.15, 0.2) is 41.6 Å². The molecule has 16 heteroatoms. The summed E-state index contributed by atoms with van der Waals surface area (Å²) < 4.78 is 60.4. The largest absolute Gasteiger partial charge is 0.524 e. The van der Waals surface area contributed by atoms with Crippen LogP contribution in [0.25, 0.3) is 11.2 Å². The number of nitrogens with two attached hydrogens (primary N) is 1. The number of rotatable bonds is 10. The van der Waals surface area contributed by atoms with Gasteiger partial charge in [-0.05, 0) is 45.1 Å². The van der Waals surface area contributed by atoms with Crippen LogP contribution in [0.1, 0.15) is 46.8 Å². The molecule has 0 bridgehead atoms. The zero-order valence-electron chi connectivity index (χ0n) is 21.6. The Morgan fingerprint density at radius 3 is 2.68 bits per heavy atom. The number of aromatic nitrogens is 4. The molecule has 0 spiro atoms. The number of alkyl halides is 2. The van der Waals surface area contributed by atoms with E-state index in [1.165, 1.54) is 13.3 Å². The maximum absolute atomic E-state index is 15.8. The van der Waals surface area contributed by atoms with Crippen molar-refractivity contribution in [3.8, 4) is 0 Å². The Kier molecular flexibility index (Phi) is 8.15. The van der Waals surface area contributed by atoms with Crippen molar-refractivity contribution in [3.63, 3.8) is 0 Å². The minimum absolute atomic E-state index is 0.0777. The Bertz CT molecular complexity index is 1190. The smallest absolute Gasteiger partial charge is 0.462 e. The van der Waals surface area contributed by atoms with Crippen molar-refractivity contribution in [1.29, 1.82) is 0 Å². The number of anilines is 2. The average molecular weight is 561 g/mol. The van der Waals surface area contributed by atoms with Crippen LogP contribution < -0.4 is 16.0 Å². The third-order valence-electron chi connectivity index (χ3n) is 6.45. The van der Waals surface area contributed by atoms with E-state index in [9.17, 15) is 14.5 Å². The Morgan fingerprint density at radius 2 is 2.03 bits per heavy atom. The molecule has 2 aromatic heterocycles. The van der Waals surface area contributed by atoms with Gasteiger partial charge in [-0.15, -0.1) is 4.52 Å². The highest BCUT2D eigenvalue weighted by Gasteiger charge is 2.65. The van der Waals surface area contributed by atoms with E-state index < -0.39 is 50.5 Å². The van der Waals surface area contributed by atoms with E-state index in [1.807, 2.05) is 4.90 Å². The first-order valence-corrected chi connectivity index (χ1v) is 13.7. The topological polar surface area (TPSA) is 167 Å². The predicted octanol–water partition coefficient (Wildman–Crippen LogP) is 1.94. The molecule has 1 unspecified atom stereocenters. The zero-order chi connectivity index (χ0) is 27.8. The number of halogens is 2. The van der Waals surface area contributed by atoms with Crippen molar-refractivity contribution in [3.05, 3.63) is 6.33 Å². The monoisotopic (exact) mass is 560 g/mol. The van der Waals surface area contributed by atoms with Gasteiger partial charge in [-0.2, -0.15) is 9.97 Å². The fourth-order valence-corrected chi connectivity index (χ4v) is 5.27. The van der Waals surface area contributed by atoms with Gasteiger partial charge in [0.2, 0.25) is 12.2 Å². The summed E-state index contributed by atoms with van der Waals surface area (Å²) >= 11 is 0. The van der Waals surface area contributed by atoms with Gasteiger partial charge in [0.1, 0.15) is 6.04 Å². The molecule has 0 radical (unpaired) electrons. The molecule has 0 amide bonds. The highest BCUT2D eigenvalue weighted by Crippen LogP contribution is 2.49. The van der Waals surface area contributed by atoms with Gasteiger partial charge in [0.25, 0.3) is 5.85 Å². The number of ether oxygens (including phenoxy) is 2. The minimum atomic E-state index is -3.05. The van der Waals surface area contributed by atoms with E-state index in [2.05, 4.69) is 20.3 Å². The SMILES string of the molecule is CC(C)OC(=O)[C@H](C)NC[P+](=O)OC[C@@]1(F)O[C@@H](n2cnc3c(N4CCCC4)nc(N)nc32)[C@](C)(F)[C@@H]1O. The molecule has 4 heterocycles. The number of aliphatic hydroxyl groups excluding tert-OH is 1. The fourth-order valence-electron chi connectivity index (χ4n) is 4.44. The van der Waals surface area contributed by atoms with Gasteiger partial charge in [0.05, 0.1) is 12.4 Å². The Labute approximate surface area is 218 Å². The number of aliphatic hydroxyl groups is 1. The number of carbonyl (C=O) groups excluding carboxylic acids is 1. The maximum Gasteiger partial charge on any atom is 0.524 e. The highest BCUT2D eigenvalue weighted by molar-refractivity contribution is 7.39. The molecule has 13 nitrogen and oxygen atoms in total. The summed E-state index contributed by atoms with van der Waals surface area (Å²) in [6.45, 7) is 6.32. The van der Waals surface area contributed by atoms with Crippen LogP contribution in [0.4, 0.5) is 20.5 Å². The maximum atomic E-state index is 15.8. The summed E-state index contributed by atoms with van der Waals surface area (Å²) in [6.07, 6.45) is -1.47. The number of hydrogen-bond donors (Lipinski definition) is 3. The van der Waals surface area contributed by atoms with Gasteiger partial charge >= 0.3 is 14.0 Å². The molecule has 2 aliphatic heterocycles. The first kappa shape index (κ1) is 28.4. The predicted molar refractivity (Wildman–Crippen MR) is 133 cm³/mol. The van der Waals surface area contributed by atoms with Crippen LogP contribution in [0.3, 0.4) is 0 Å². The van der Waals surface area contributed by atoms with Crippen molar-refractivity contribution in [2.75, 3.05) is 36.6 Å². The number of imidazole rings is 1. The Balaban J connectivity index is 1.47. The number of fused-ring (bicyclic) bond motifs is 1.